The summed E-state index contributed by atoms with van der Waals surface area (Å²) in [7, 11) is -1.98. The summed E-state index contributed by atoms with van der Waals surface area (Å²) in [5.74, 6) is -1.13. The maximum atomic E-state index is 11.2. The van der Waals surface area contributed by atoms with Crippen LogP contribution in [0, 0.1) is 0 Å². The Morgan fingerprint density at radius 1 is 1.27 bits per heavy atom. The largest absolute Gasteiger partial charge is 0.527 e. The van der Waals surface area contributed by atoms with Gasteiger partial charge in [0.15, 0.2) is 0 Å². The second-order valence-corrected chi connectivity index (χ2v) is 5.60. The van der Waals surface area contributed by atoms with Crippen molar-refractivity contribution in [2.24, 2.45) is 0 Å². The van der Waals surface area contributed by atoms with Crippen molar-refractivity contribution in [1.82, 2.24) is 5.32 Å². The number of phosphoric acid groups is 1. The first-order chi connectivity index (χ1) is 10.3. The third kappa shape index (κ3) is 5.72. The molecule has 2 atom stereocenters. The van der Waals surface area contributed by atoms with Gasteiger partial charge in [-0.05, 0) is 17.7 Å². The van der Waals surface area contributed by atoms with Crippen LogP contribution < -0.4 is 9.84 Å². The van der Waals surface area contributed by atoms with Crippen molar-refractivity contribution < 1.29 is 37.9 Å². The average molecular weight is 333 g/mol. The fraction of sp³-hybridized carbons (Fsp3) is 0.333. The molecule has 1 unspecified atom stereocenters. The number of ether oxygens (including phenoxy) is 1. The summed E-state index contributed by atoms with van der Waals surface area (Å²) in [5, 5.41) is 11.2. The van der Waals surface area contributed by atoms with Crippen molar-refractivity contribution >= 4 is 19.9 Å². The van der Waals surface area contributed by atoms with Crippen LogP contribution in [0.1, 0.15) is 5.56 Å². The molecule has 0 aromatic heterocycles. The number of phosphoric ester groups is 1. The van der Waals surface area contributed by atoms with Crippen LogP contribution >= 0.6 is 7.82 Å². The smallest absolute Gasteiger partial charge is 0.480 e. The molecule has 1 aromatic carbocycles. The lowest BCUT2D eigenvalue weighted by Gasteiger charge is -2.14. The number of carbonyl (C=O) groups excluding carboxylic acids is 1. The fourth-order valence-electron chi connectivity index (χ4n) is 1.49. The topological polar surface area (TPSA) is 131 Å². The van der Waals surface area contributed by atoms with E-state index in [9.17, 15) is 14.2 Å². The van der Waals surface area contributed by atoms with E-state index in [1.54, 1.807) is 0 Å². The van der Waals surface area contributed by atoms with E-state index in [-0.39, 0.29) is 12.2 Å². The third-order valence-corrected chi connectivity index (χ3v) is 3.49. The molecule has 0 bridgehead atoms. The van der Waals surface area contributed by atoms with Gasteiger partial charge >= 0.3 is 19.9 Å². The molecule has 10 heteroatoms. The number of alkyl carbamates (subject to hydrolysis) is 1. The Balaban J connectivity index is 2.75. The van der Waals surface area contributed by atoms with Gasteiger partial charge in [0.25, 0.3) is 0 Å². The molecule has 0 aliphatic rings. The van der Waals surface area contributed by atoms with Crippen LogP contribution in [0.15, 0.2) is 24.3 Å². The van der Waals surface area contributed by atoms with Crippen LogP contribution in [0.5, 0.6) is 5.75 Å². The minimum absolute atomic E-state index is 0.00573. The number of hydrogen-bond acceptors (Lipinski definition) is 6. The van der Waals surface area contributed by atoms with E-state index in [2.05, 4.69) is 14.6 Å². The number of rotatable bonds is 7. The van der Waals surface area contributed by atoms with Gasteiger partial charge in [0, 0.05) is 13.5 Å². The van der Waals surface area contributed by atoms with Crippen LogP contribution in [0.2, 0.25) is 0 Å². The number of methoxy groups -OCH3 is 1. The molecule has 0 spiro atoms. The van der Waals surface area contributed by atoms with Gasteiger partial charge in [0.1, 0.15) is 11.8 Å². The third-order valence-electron chi connectivity index (χ3n) is 2.59. The molecule has 22 heavy (non-hydrogen) atoms. The van der Waals surface area contributed by atoms with Crippen LogP contribution in [-0.4, -0.2) is 42.3 Å². The molecular formula is C12H16NO8P. The van der Waals surface area contributed by atoms with E-state index >= 15 is 0 Å². The summed E-state index contributed by atoms with van der Waals surface area (Å²) in [4.78, 5) is 31.3. The Labute approximate surface area is 126 Å². The van der Waals surface area contributed by atoms with E-state index < -0.39 is 25.9 Å². The molecule has 122 valence electrons. The summed E-state index contributed by atoms with van der Waals surface area (Å²) in [5.41, 5.74) is 0.571. The van der Waals surface area contributed by atoms with Gasteiger partial charge in [-0.25, -0.2) is 14.2 Å². The van der Waals surface area contributed by atoms with E-state index in [0.29, 0.717) is 5.56 Å². The number of amides is 1. The number of benzene rings is 1. The highest BCUT2D eigenvalue weighted by Crippen LogP contribution is 2.42. The first kappa shape index (κ1) is 18.0. The van der Waals surface area contributed by atoms with Gasteiger partial charge < -0.3 is 19.7 Å². The van der Waals surface area contributed by atoms with E-state index in [0.717, 1.165) is 14.2 Å². The molecule has 1 aromatic rings. The zero-order valence-corrected chi connectivity index (χ0v) is 12.8. The second-order valence-electron chi connectivity index (χ2n) is 4.12. The first-order valence-electron chi connectivity index (χ1n) is 6.01. The summed E-state index contributed by atoms with van der Waals surface area (Å²) < 4.78 is 24.6. The first-order valence-corrected chi connectivity index (χ1v) is 7.51. The lowest BCUT2D eigenvalue weighted by atomic mass is 10.1. The van der Waals surface area contributed by atoms with Crippen molar-refractivity contribution in [3.05, 3.63) is 29.8 Å². The van der Waals surface area contributed by atoms with E-state index in [1.165, 1.54) is 24.3 Å². The van der Waals surface area contributed by atoms with Crippen molar-refractivity contribution in [2.75, 3.05) is 14.2 Å². The predicted molar refractivity (Wildman–Crippen MR) is 74.6 cm³/mol. The predicted octanol–water partition coefficient (Wildman–Crippen LogP) is 1.16. The highest BCUT2D eigenvalue weighted by Gasteiger charge is 2.22. The molecule has 0 fully saturated rings. The SMILES string of the molecule is COC(=O)N[C@@H](Cc1ccc(OP(=O)(O)OC)cc1)C(=O)O. The molecule has 1 rings (SSSR count). The van der Waals surface area contributed by atoms with Crippen molar-refractivity contribution in [3.63, 3.8) is 0 Å². The standard InChI is InChI=1S/C12H16NO8P/c1-19-12(16)13-10(11(14)15)7-8-3-5-9(6-4-8)21-22(17,18)20-2/h3-6,10H,7H2,1-2H3,(H,13,16)(H,14,15)(H,17,18)/t10-/m0/s1. The van der Waals surface area contributed by atoms with Crippen LogP contribution in [0.3, 0.4) is 0 Å². The number of hydrogen-bond donors (Lipinski definition) is 3. The van der Waals surface area contributed by atoms with Crippen molar-refractivity contribution in [2.45, 2.75) is 12.5 Å². The van der Waals surface area contributed by atoms with Gasteiger partial charge in [-0.1, -0.05) is 12.1 Å². The zero-order valence-electron chi connectivity index (χ0n) is 11.9. The zero-order chi connectivity index (χ0) is 16.8. The van der Waals surface area contributed by atoms with Crippen molar-refractivity contribution in [3.8, 4) is 5.75 Å². The Kier molecular flexibility index (Phi) is 6.36. The monoisotopic (exact) mass is 333 g/mol. The fourth-order valence-corrected chi connectivity index (χ4v) is 1.96. The molecule has 0 saturated heterocycles. The Bertz CT molecular complexity index is 573. The molecule has 0 saturated carbocycles. The average Bonchev–Trinajstić information content (AvgIpc) is 2.47. The highest BCUT2D eigenvalue weighted by molar-refractivity contribution is 7.47. The number of carboxylic acids is 1. The van der Waals surface area contributed by atoms with Gasteiger partial charge in [-0.15, -0.1) is 0 Å². The van der Waals surface area contributed by atoms with Crippen LogP contribution in [0.4, 0.5) is 4.79 Å². The maximum Gasteiger partial charge on any atom is 0.527 e. The summed E-state index contributed by atoms with van der Waals surface area (Å²) in [6.45, 7) is 0. The Morgan fingerprint density at radius 3 is 2.32 bits per heavy atom. The summed E-state index contributed by atoms with van der Waals surface area (Å²) >= 11 is 0. The van der Waals surface area contributed by atoms with E-state index in [1.807, 2.05) is 0 Å². The Hall–Kier alpha value is -2.09. The summed E-state index contributed by atoms with van der Waals surface area (Å²) in [6, 6.07) is 4.60. The number of carbonyl (C=O) groups is 2. The molecule has 1 amide bonds. The van der Waals surface area contributed by atoms with E-state index in [4.69, 9.17) is 14.5 Å². The lowest BCUT2D eigenvalue weighted by molar-refractivity contribution is -0.139. The molecule has 9 nitrogen and oxygen atoms in total. The van der Waals surface area contributed by atoms with Gasteiger partial charge in [0.2, 0.25) is 0 Å². The number of aliphatic carboxylic acids is 1. The maximum absolute atomic E-state index is 11.2. The highest BCUT2D eigenvalue weighted by atomic mass is 31.2. The second kappa shape index (κ2) is 7.79. The van der Waals surface area contributed by atoms with Gasteiger partial charge in [-0.3, -0.25) is 9.42 Å². The minimum Gasteiger partial charge on any atom is -0.480 e. The minimum atomic E-state index is -4.14. The number of carboxylic acid groups (broad SMARTS) is 1. The molecule has 0 aliphatic heterocycles. The van der Waals surface area contributed by atoms with Gasteiger partial charge in [0.05, 0.1) is 7.11 Å². The normalized spacial score (nSPS) is 14.5. The summed E-state index contributed by atoms with van der Waals surface area (Å²) in [6.07, 6.45) is -0.847. The number of nitrogens with one attached hydrogen (secondary N) is 1. The Morgan fingerprint density at radius 2 is 1.86 bits per heavy atom. The molecule has 3 N–H and O–H groups in total. The molecule has 0 aliphatic carbocycles. The molecule has 0 radical (unpaired) electrons. The van der Waals surface area contributed by atoms with Crippen LogP contribution in [-0.2, 0) is 25.0 Å². The molecular weight excluding hydrogens is 317 g/mol. The quantitative estimate of drug-likeness (QED) is 0.634. The van der Waals surface area contributed by atoms with Gasteiger partial charge in [-0.2, -0.15) is 0 Å². The molecule has 0 heterocycles. The lowest BCUT2D eigenvalue weighted by Crippen LogP contribution is -2.42. The van der Waals surface area contributed by atoms with Crippen molar-refractivity contribution in [1.29, 1.82) is 0 Å². The van der Waals surface area contributed by atoms with Crippen LogP contribution in [0.25, 0.3) is 0 Å².